The van der Waals surface area contributed by atoms with E-state index in [1.807, 2.05) is 19.2 Å². The molecule has 0 unspecified atom stereocenters. The molecule has 0 radical (unpaired) electrons. The van der Waals surface area contributed by atoms with Crippen molar-refractivity contribution in [2.24, 2.45) is 11.7 Å². The van der Waals surface area contributed by atoms with E-state index in [1.54, 1.807) is 6.07 Å². The number of benzene rings is 1. The van der Waals surface area contributed by atoms with Gasteiger partial charge in [-0.25, -0.2) is 4.39 Å². The van der Waals surface area contributed by atoms with Gasteiger partial charge in [-0.05, 0) is 25.8 Å². The lowest BCUT2D eigenvalue weighted by Gasteiger charge is -2.17. The first-order valence-electron chi connectivity index (χ1n) is 6.93. The third-order valence-corrected chi connectivity index (χ3v) is 3.49. The molecule has 0 amide bonds. The Bertz CT molecular complexity index is 407. The summed E-state index contributed by atoms with van der Waals surface area (Å²) in [4.78, 5) is 2.08. The summed E-state index contributed by atoms with van der Waals surface area (Å²) in [7, 11) is 1.98. The van der Waals surface area contributed by atoms with E-state index < -0.39 is 0 Å². The monoisotopic (exact) mass is 266 g/mol. The molecule has 0 atom stereocenters. The summed E-state index contributed by atoms with van der Waals surface area (Å²) in [5.74, 6) is 0.625. The molecule has 2 N–H and O–H groups in total. The molecule has 0 aromatic heterocycles. The van der Waals surface area contributed by atoms with Gasteiger partial charge in [0, 0.05) is 37.4 Å². The number of ether oxygens (including phenoxy) is 1. The highest BCUT2D eigenvalue weighted by Crippen LogP contribution is 2.28. The normalized spacial score (nSPS) is 15.2. The molecule has 1 aromatic rings. The second-order valence-electron chi connectivity index (χ2n) is 5.35. The number of nitrogens with two attached hydrogens (primary N) is 1. The van der Waals surface area contributed by atoms with Gasteiger partial charge < -0.3 is 10.5 Å². The molecule has 1 saturated carbocycles. The zero-order chi connectivity index (χ0) is 13.7. The Morgan fingerprint density at radius 3 is 2.79 bits per heavy atom. The molecule has 4 heteroatoms. The zero-order valence-corrected chi connectivity index (χ0v) is 11.6. The number of hydrogen-bond donors (Lipinski definition) is 1. The smallest absolute Gasteiger partial charge is 0.132 e. The SMILES string of the molecule is CN(CCOCC1CC1)Cc1cccc(CN)c1F. The summed E-state index contributed by atoms with van der Waals surface area (Å²) in [6, 6.07) is 5.41. The quantitative estimate of drug-likeness (QED) is 0.733. The first kappa shape index (κ1) is 14.4. The molecular formula is C15H23FN2O. The van der Waals surface area contributed by atoms with Gasteiger partial charge in [-0.2, -0.15) is 0 Å². The Kier molecular flexibility index (Phi) is 5.31. The first-order valence-corrected chi connectivity index (χ1v) is 6.93. The second kappa shape index (κ2) is 6.98. The summed E-state index contributed by atoms with van der Waals surface area (Å²) in [5, 5.41) is 0. The van der Waals surface area contributed by atoms with Crippen LogP contribution in [0.1, 0.15) is 24.0 Å². The number of likely N-dealkylation sites (N-methyl/N-ethyl adjacent to an activating group) is 1. The minimum atomic E-state index is -0.171. The summed E-state index contributed by atoms with van der Waals surface area (Å²) >= 11 is 0. The van der Waals surface area contributed by atoms with Crippen LogP contribution in [0.4, 0.5) is 4.39 Å². The van der Waals surface area contributed by atoms with E-state index in [-0.39, 0.29) is 12.4 Å². The van der Waals surface area contributed by atoms with Crippen LogP contribution in [0.25, 0.3) is 0 Å². The lowest BCUT2D eigenvalue weighted by Crippen LogP contribution is -2.24. The molecule has 2 rings (SSSR count). The van der Waals surface area contributed by atoms with Crippen molar-refractivity contribution in [1.29, 1.82) is 0 Å². The molecule has 0 heterocycles. The van der Waals surface area contributed by atoms with E-state index in [1.165, 1.54) is 12.8 Å². The Labute approximate surface area is 114 Å². The fourth-order valence-electron chi connectivity index (χ4n) is 2.04. The number of halogens is 1. The van der Waals surface area contributed by atoms with Crippen molar-refractivity contribution >= 4 is 0 Å². The maximum absolute atomic E-state index is 14.0. The average Bonchev–Trinajstić information content (AvgIpc) is 3.21. The molecule has 0 bridgehead atoms. The third-order valence-electron chi connectivity index (χ3n) is 3.49. The molecule has 0 aliphatic heterocycles. The number of nitrogens with zero attached hydrogens (tertiary/aromatic N) is 1. The lowest BCUT2D eigenvalue weighted by molar-refractivity contribution is 0.101. The predicted octanol–water partition coefficient (Wildman–Crippen LogP) is 2.14. The van der Waals surface area contributed by atoms with Crippen LogP contribution in [-0.2, 0) is 17.8 Å². The van der Waals surface area contributed by atoms with E-state index in [2.05, 4.69) is 4.90 Å². The molecular weight excluding hydrogens is 243 g/mol. The summed E-state index contributed by atoms with van der Waals surface area (Å²) in [5.41, 5.74) is 6.79. The Hall–Kier alpha value is -0.970. The lowest BCUT2D eigenvalue weighted by atomic mass is 10.1. The van der Waals surface area contributed by atoms with Crippen LogP contribution in [0.5, 0.6) is 0 Å². The van der Waals surface area contributed by atoms with Gasteiger partial charge in [0.2, 0.25) is 0 Å². The summed E-state index contributed by atoms with van der Waals surface area (Å²) in [6.07, 6.45) is 2.62. The molecule has 1 aliphatic carbocycles. The second-order valence-corrected chi connectivity index (χ2v) is 5.35. The van der Waals surface area contributed by atoms with Crippen molar-refractivity contribution in [3.05, 3.63) is 35.1 Å². The van der Waals surface area contributed by atoms with Crippen molar-refractivity contribution < 1.29 is 9.13 Å². The van der Waals surface area contributed by atoms with Gasteiger partial charge in [0.05, 0.1) is 6.61 Å². The maximum Gasteiger partial charge on any atom is 0.132 e. The van der Waals surface area contributed by atoms with Crippen LogP contribution in [0, 0.1) is 11.7 Å². The topological polar surface area (TPSA) is 38.5 Å². The summed E-state index contributed by atoms with van der Waals surface area (Å²) < 4.78 is 19.6. The average molecular weight is 266 g/mol. The van der Waals surface area contributed by atoms with Gasteiger partial charge in [0.1, 0.15) is 5.82 Å². The van der Waals surface area contributed by atoms with Crippen molar-refractivity contribution in [3.8, 4) is 0 Å². The highest BCUT2D eigenvalue weighted by atomic mass is 19.1. The number of hydrogen-bond acceptors (Lipinski definition) is 3. The van der Waals surface area contributed by atoms with Crippen LogP contribution in [0.3, 0.4) is 0 Å². The third kappa shape index (κ3) is 4.56. The maximum atomic E-state index is 14.0. The van der Waals surface area contributed by atoms with E-state index in [0.29, 0.717) is 24.3 Å². The molecule has 0 spiro atoms. The molecule has 1 aromatic carbocycles. The Morgan fingerprint density at radius 1 is 1.37 bits per heavy atom. The molecule has 3 nitrogen and oxygen atoms in total. The van der Waals surface area contributed by atoms with Gasteiger partial charge in [0.15, 0.2) is 0 Å². The fourth-order valence-corrected chi connectivity index (χ4v) is 2.04. The van der Waals surface area contributed by atoms with Gasteiger partial charge in [-0.3, -0.25) is 4.90 Å². The van der Waals surface area contributed by atoms with Gasteiger partial charge in [-0.15, -0.1) is 0 Å². The predicted molar refractivity (Wildman–Crippen MR) is 74.2 cm³/mol. The van der Waals surface area contributed by atoms with Crippen molar-refractivity contribution in [2.75, 3.05) is 26.8 Å². The van der Waals surface area contributed by atoms with E-state index >= 15 is 0 Å². The summed E-state index contributed by atoms with van der Waals surface area (Å²) in [6.45, 7) is 3.25. The van der Waals surface area contributed by atoms with Crippen molar-refractivity contribution in [3.63, 3.8) is 0 Å². The number of rotatable bonds is 8. The highest BCUT2D eigenvalue weighted by molar-refractivity contribution is 5.25. The molecule has 1 aliphatic rings. The fraction of sp³-hybridized carbons (Fsp3) is 0.600. The Morgan fingerprint density at radius 2 is 2.11 bits per heavy atom. The van der Waals surface area contributed by atoms with Crippen molar-refractivity contribution in [2.45, 2.75) is 25.9 Å². The van der Waals surface area contributed by atoms with Crippen LogP contribution in [0.15, 0.2) is 18.2 Å². The molecule has 106 valence electrons. The van der Waals surface area contributed by atoms with Gasteiger partial charge in [0.25, 0.3) is 0 Å². The van der Waals surface area contributed by atoms with Crippen LogP contribution in [-0.4, -0.2) is 31.7 Å². The molecule has 1 fully saturated rings. The van der Waals surface area contributed by atoms with Crippen LogP contribution in [0.2, 0.25) is 0 Å². The standard InChI is InChI=1S/C15H23FN2O/c1-18(7-8-19-11-12-5-6-12)10-14-4-2-3-13(9-17)15(14)16/h2-4,12H,5-11,17H2,1H3. The molecule has 0 saturated heterocycles. The first-order chi connectivity index (χ1) is 9.20. The van der Waals surface area contributed by atoms with E-state index in [4.69, 9.17) is 10.5 Å². The van der Waals surface area contributed by atoms with Crippen molar-refractivity contribution in [1.82, 2.24) is 4.90 Å². The minimum absolute atomic E-state index is 0.171. The van der Waals surface area contributed by atoms with Crippen LogP contribution >= 0.6 is 0 Å². The Balaban J connectivity index is 1.75. The van der Waals surface area contributed by atoms with Gasteiger partial charge >= 0.3 is 0 Å². The van der Waals surface area contributed by atoms with E-state index in [9.17, 15) is 4.39 Å². The highest BCUT2D eigenvalue weighted by Gasteiger charge is 2.21. The van der Waals surface area contributed by atoms with Crippen LogP contribution < -0.4 is 5.73 Å². The minimum Gasteiger partial charge on any atom is -0.380 e. The largest absolute Gasteiger partial charge is 0.380 e. The van der Waals surface area contributed by atoms with Gasteiger partial charge in [-0.1, -0.05) is 18.2 Å². The molecule has 19 heavy (non-hydrogen) atoms. The van der Waals surface area contributed by atoms with E-state index in [0.717, 1.165) is 19.1 Å². The zero-order valence-electron chi connectivity index (χ0n) is 11.6.